The third kappa shape index (κ3) is 4.55. The lowest BCUT2D eigenvalue weighted by Gasteiger charge is -2.18. The average molecular weight is 247 g/mol. The highest BCUT2D eigenvalue weighted by Crippen LogP contribution is 2.19. The summed E-state index contributed by atoms with van der Waals surface area (Å²) in [6.07, 6.45) is 0. The predicted molar refractivity (Wildman–Crippen MR) is 77.1 cm³/mol. The van der Waals surface area contributed by atoms with Crippen molar-refractivity contribution in [2.75, 3.05) is 5.32 Å². The summed E-state index contributed by atoms with van der Waals surface area (Å²) in [6, 6.07) is 5.32. The average Bonchev–Trinajstić information content (AvgIpc) is 2.17. The fourth-order valence-corrected chi connectivity index (χ4v) is 1.85. The van der Waals surface area contributed by atoms with Crippen LogP contribution in [0.3, 0.4) is 0 Å². The maximum absolute atomic E-state index is 11.0. The highest BCUT2D eigenvalue weighted by molar-refractivity contribution is 6.63. The van der Waals surface area contributed by atoms with E-state index in [1.807, 2.05) is 6.07 Å². The van der Waals surface area contributed by atoms with Crippen LogP contribution in [0.5, 0.6) is 0 Å². The monoisotopic (exact) mass is 247 g/mol. The van der Waals surface area contributed by atoms with Gasteiger partial charge in [0.05, 0.1) is 0 Å². The van der Waals surface area contributed by atoms with Crippen LogP contribution >= 0.6 is 0 Å². The minimum absolute atomic E-state index is 0.118. The van der Waals surface area contributed by atoms with Crippen LogP contribution in [0.1, 0.15) is 27.7 Å². The van der Waals surface area contributed by atoms with Gasteiger partial charge in [-0.25, -0.2) is 0 Å². The van der Waals surface area contributed by atoms with Crippen LogP contribution in [0.4, 0.5) is 5.69 Å². The summed E-state index contributed by atoms with van der Waals surface area (Å²) in [4.78, 5) is 11.0. The van der Waals surface area contributed by atoms with E-state index in [9.17, 15) is 14.8 Å². The van der Waals surface area contributed by atoms with Crippen molar-refractivity contribution in [2.24, 2.45) is 0 Å². The summed E-state index contributed by atoms with van der Waals surface area (Å²) in [6.45, 7) is 7.73. The van der Waals surface area contributed by atoms with Gasteiger partial charge in [-0.15, -0.1) is 0 Å². The molecule has 0 aromatic heterocycles. The lowest BCUT2D eigenvalue weighted by atomic mass is 9.51. The molecule has 18 heavy (non-hydrogen) atoms. The molecule has 0 heterocycles. The van der Waals surface area contributed by atoms with Crippen LogP contribution in [0.25, 0.3) is 0 Å². The highest BCUT2D eigenvalue weighted by atomic mass is 16.4. The zero-order valence-corrected chi connectivity index (χ0v) is 11.3. The minimum atomic E-state index is -1.59. The van der Waals surface area contributed by atoms with Crippen molar-refractivity contribution in [1.82, 2.24) is 0 Å². The van der Waals surface area contributed by atoms with Gasteiger partial charge in [0.2, 0.25) is 5.91 Å². The predicted octanol–water partition coefficient (Wildman–Crippen LogP) is -0.395. The van der Waals surface area contributed by atoms with E-state index < -0.39 is 7.12 Å². The van der Waals surface area contributed by atoms with Gasteiger partial charge in [-0.2, -0.15) is 0 Å². The van der Waals surface area contributed by atoms with Gasteiger partial charge in [-0.1, -0.05) is 43.7 Å². The van der Waals surface area contributed by atoms with E-state index in [1.165, 1.54) is 6.92 Å². The molecule has 0 fully saturated rings. The Morgan fingerprint density at radius 3 is 2.39 bits per heavy atom. The first-order valence-electron chi connectivity index (χ1n) is 5.95. The molecule has 1 amide bonds. The van der Waals surface area contributed by atoms with Gasteiger partial charge in [-0.3, -0.25) is 4.79 Å². The number of amides is 1. The molecule has 0 unspecified atom stereocenters. The van der Waals surface area contributed by atoms with E-state index in [0.717, 1.165) is 12.7 Å². The second-order valence-electron chi connectivity index (χ2n) is 5.71. The van der Waals surface area contributed by atoms with Gasteiger partial charge in [0.1, 0.15) is 0 Å². The Labute approximate surface area is 109 Å². The Balaban J connectivity index is 3.07. The van der Waals surface area contributed by atoms with Crippen LogP contribution in [0, 0.1) is 0 Å². The molecule has 0 atom stereocenters. The van der Waals surface area contributed by atoms with E-state index in [1.54, 1.807) is 12.1 Å². The molecule has 0 spiro atoms. The van der Waals surface area contributed by atoms with Gasteiger partial charge in [-0.05, 0) is 6.07 Å². The van der Waals surface area contributed by atoms with E-state index in [2.05, 4.69) is 26.1 Å². The number of carbonyl (C=O) groups excluding carboxylic acids is 1. The zero-order valence-electron chi connectivity index (χ0n) is 11.3. The molecule has 0 radical (unpaired) electrons. The molecular formula is C12H19B2NO3. The van der Waals surface area contributed by atoms with Crippen molar-refractivity contribution in [3.05, 3.63) is 18.2 Å². The van der Waals surface area contributed by atoms with Crippen molar-refractivity contribution in [1.29, 1.82) is 0 Å². The smallest absolute Gasteiger partial charge is 0.423 e. The first kappa shape index (κ1) is 14.8. The largest absolute Gasteiger partial charge is 0.490 e. The quantitative estimate of drug-likeness (QED) is 0.637. The maximum Gasteiger partial charge on any atom is 0.490 e. The molecule has 0 bridgehead atoms. The number of hydrogen-bond acceptors (Lipinski definition) is 3. The van der Waals surface area contributed by atoms with Crippen molar-refractivity contribution >= 4 is 36.9 Å². The van der Waals surface area contributed by atoms with E-state index in [0.29, 0.717) is 11.2 Å². The standard InChI is InChI=1S/C12H19B2NO3/c1-8(16)15-11-6-5-9(13-12(2,3)4)7-10(11)14(17)18/h5-7,13,17-18H,1-4H3,(H,15,16). The Hall–Kier alpha value is -1.26. The lowest BCUT2D eigenvalue weighted by Crippen LogP contribution is -2.37. The number of benzene rings is 1. The Kier molecular flexibility index (Phi) is 4.59. The maximum atomic E-state index is 11.0. The molecule has 0 aliphatic heterocycles. The Morgan fingerprint density at radius 2 is 1.94 bits per heavy atom. The minimum Gasteiger partial charge on any atom is -0.423 e. The molecule has 0 aliphatic carbocycles. The van der Waals surface area contributed by atoms with E-state index in [4.69, 9.17) is 0 Å². The number of anilines is 1. The second kappa shape index (κ2) is 5.59. The summed E-state index contributed by atoms with van der Waals surface area (Å²) in [5.41, 5.74) is 1.78. The third-order valence-electron chi connectivity index (χ3n) is 2.44. The van der Waals surface area contributed by atoms with Crippen molar-refractivity contribution in [3.63, 3.8) is 0 Å². The molecule has 1 aromatic carbocycles. The van der Waals surface area contributed by atoms with Gasteiger partial charge in [0, 0.05) is 18.1 Å². The SMILES string of the molecule is CC(=O)Nc1ccc(BC(C)(C)C)cc1B(O)O. The fraction of sp³-hybridized carbons (Fsp3) is 0.417. The van der Waals surface area contributed by atoms with Gasteiger partial charge < -0.3 is 15.4 Å². The lowest BCUT2D eigenvalue weighted by molar-refractivity contribution is -0.114. The topological polar surface area (TPSA) is 69.6 Å². The molecule has 4 nitrogen and oxygen atoms in total. The Morgan fingerprint density at radius 1 is 1.33 bits per heavy atom. The molecule has 0 aliphatic rings. The molecule has 0 saturated carbocycles. The zero-order chi connectivity index (χ0) is 13.9. The first-order valence-corrected chi connectivity index (χ1v) is 5.95. The normalized spacial score (nSPS) is 11.0. The van der Waals surface area contributed by atoms with Gasteiger partial charge in [0.25, 0.3) is 0 Å². The number of carbonyl (C=O) groups is 1. The van der Waals surface area contributed by atoms with Gasteiger partial charge in [0.15, 0.2) is 7.28 Å². The second-order valence-corrected chi connectivity index (χ2v) is 5.71. The summed E-state index contributed by atoms with van der Waals surface area (Å²) in [7, 11) is -0.764. The van der Waals surface area contributed by atoms with Crippen LogP contribution in [-0.4, -0.2) is 30.4 Å². The molecule has 0 saturated heterocycles. The van der Waals surface area contributed by atoms with Crippen LogP contribution in [-0.2, 0) is 4.79 Å². The van der Waals surface area contributed by atoms with E-state index >= 15 is 0 Å². The van der Waals surface area contributed by atoms with Crippen LogP contribution < -0.4 is 16.2 Å². The summed E-state index contributed by atoms with van der Waals surface area (Å²) in [5, 5.41) is 21.4. The van der Waals surface area contributed by atoms with Crippen LogP contribution in [0.15, 0.2) is 18.2 Å². The molecule has 6 heteroatoms. The first-order chi connectivity index (χ1) is 8.19. The van der Waals surface area contributed by atoms with Crippen molar-refractivity contribution in [2.45, 2.75) is 33.0 Å². The van der Waals surface area contributed by atoms with Gasteiger partial charge >= 0.3 is 7.12 Å². The summed E-state index contributed by atoms with van der Waals surface area (Å²) < 4.78 is 0. The third-order valence-corrected chi connectivity index (χ3v) is 2.44. The van der Waals surface area contributed by atoms with Crippen molar-refractivity contribution < 1.29 is 14.8 Å². The molecular weight excluding hydrogens is 228 g/mol. The Bertz CT molecular complexity index is 441. The highest BCUT2D eigenvalue weighted by Gasteiger charge is 2.20. The molecule has 1 aromatic rings. The number of hydrogen-bond donors (Lipinski definition) is 3. The number of rotatable bonds is 3. The van der Waals surface area contributed by atoms with Crippen LogP contribution in [0.2, 0.25) is 5.31 Å². The number of nitrogens with one attached hydrogen (secondary N) is 1. The molecule has 1 rings (SSSR count). The van der Waals surface area contributed by atoms with E-state index in [-0.39, 0.29) is 11.2 Å². The van der Waals surface area contributed by atoms with Crippen molar-refractivity contribution in [3.8, 4) is 0 Å². The fourth-order valence-electron chi connectivity index (χ4n) is 1.85. The molecule has 3 N–H and O–H groups in total. The molecule has 96 valence electrons. The summed E-state index contributed by atoms with van der Waals surface area (Å²) >= 11 is 0. The summed E-state index contributed by atoms with van der Waals surface area (Å²) in [5.74, 6) is -0.236.